The van der Waals surface area contributed by atoms with Crippen molar-refractivity contribution in [1.29, 1.82) is 0 Å². The van der Waals surface area contributed by atoms with Gasteiger partial charge in [-0.1, -0.05) is 0 Å². The zero-order chi connectivity index (χ0) is 11.2. The Morgan fingerprint density at radius 1 is 1.12 bits per heavy atom. The average Bonchev–Trinajstić information content (AvgIpc) is 2.80. The van der Waals surface area contributed by atoms with Crippen molar-refractivity contribution in [1.82, 2.24) is 0 Å². The summed E-state index contributed by atoms with van der Waals surface area (Å²) in [5.74, 6) is 6.25. The van der Waals surface area contributed by atoms with Gasteiger partial charge in [-0.3, -0.25) is 0 Å². The van der Waals surface area contributed by atoms with E-state index in [0.717, 1.165) is 23.7 Å². The van der Waals surface area contributed by atoms with E-state index in [1.807, 2.05) is 17.3 Å². The number of hydrogen-bond acceptors (Lipinski definition) is 1. The molecule has 0 saturated heterocycles. The normalized spacial score (nSPS) is 40.0. The molecular formula is C16H21S. The van der Waals surface area contributed by atoms with Crippen LogP contribution in [0.25, 0.3) is 0 Å². The van der Waals surface area contributed by atoms with Gasteiger partial charge in [0, 0.05) is 0 Å². The molecule has 3 atom stereocenters. The predicted octanol–water partition coefficient (Wildman–Crippen LogP) is 4.71. The molecule has 4 saturated carbocycles. The highest BCUT2D eigenvalue weighted by atomic mass is 32.1. The van der Waals surface area contributed by atoms with E-state index in [4.69, 9.17) is 0 Å². The summed E-state index contributed by atoms with van der Waals surface area (Å²) in [7, 11) is 0. The summed E-state index contributed by atoms with van der Waals surface area (Å²) in [6.45, 7) is 0. The van der Waals surface area contributed by atoms with E-state index in [2.05, 4.69) is 16.8 Å². The summed E-state index contributed by atoms with van der Waals surface area (Å²) in [6.07, 6.45) is 10.5. The van der Waals surface area contributed by atoms with E-state index >= 15 is 0 Å². The molecule has 5 rings (SSSR count). The largest absolute Gasteiger partial charge is 0.152 e. The lowest BCUT2D eigenvalue weighted by atomic mass is 9.51. The molecule has 4 fully saturated rings. The zero-order valence-corrected chi connectivity index (χ0v) is 11.2. The number of aryl methyl sites for hydroxylation is 1. The molecule has 4 bridgehead atoms. The molecule has 4 aliphatic carbocycles. The lowest BCUT2D eigenvalue weighted by molar-refractivity contribution is 0.0390. The van der Waals surface area contributed by atoms with Gasteiger partial charge in [0.25, 0.3) is 0 Å². The van der Waals surface area contributed by atoms with Gasteiger partial charge < -0.3 is 0 Å². The average molecular weight is 245 g/mol. The summed E-state index contributed by atoms with van der Waals surface area (Å²) in [5, 5.41) is 4.56. The smallest absolute Gasteiger partial charge is 0.00613 e. The fourth-order valence-corrected chi connectivity index (χ4v) is 5.64. The van der Waals surface area contributed by atoms with E-state index < -0.39 is 0 Å². The van der Waals surface area contributed by atoms with Crippen LogP contribution in [0, 0.1) is 29.6 Å². The molecule has 0 amide bonds. The van der Waals surface area contributed by atoms with Crippen molar-refractivity contribution in [3.8, 4) is 0 Å². The summed E-state index contributed by atoms with van der Waals surface area (Å²) in [5.41, 5.74) is 1.57. The van der Waals surface area contributed by atoms with Crippen molar-refractivity contribution in [3.63, 3.8) is 0 Å². The Labute approximate surface area is 108 Å². The van der Waals surface area contributed by atoms with E-state index in [1.54, 1.807) is 24.8 Å². The zero-order valence-electron chi connectivity index (χ0n) is 10.4. The van der Waals surface area contributed by atoms with Crippen LogP contribution in [0.2, 0.25) is 0 Å². The molecule has 1 radical (unpaired) electrons. The van der Waals surface area contributed by atoms with E-state index in [0.29, 0.717) is 0 Å². The van der Waals surface area contributed by atoms with Gasteiger partial charge in [0.2, 0.25) is 0 Å². The van der Waals surface area contributed by atoms with Gasteiger partial charge >= 0.3 is 0 Å². The third-order valence-electron chi connectivity index (χ3n) is 5.46. The van der Waals surface area contributed by atoms with Crippen LogP contribution >= 0.6 is 11.3 Å². The van der Waals surface area contributed by atoms with Crippen LogP contribution in [0.15, 0.2) is 16.8 Å². The number of hydrogen-bond donors (Lipinski definition) is 0. The first-order valence-electron chi connectivity index (χ1n) is 7.24. The Morgan fingerprint density at radius 3 is 2.59 bits per heavy atom. The molecule has 0 aromatic carbocycles. The molecule has 0 aliphatic heterocycles. The minimum absolute atomic E-state index is 1.00. The quantitative estimate of drug-likeness (QED) is 0.723. The fourth-order valence-electron chi connectivity index (χ4n) is 4.94. The van der Waals surface area contributed by atoms with E-state index in [9.17, 15) is 0 Å². The lowest BCUT2D eigenvalue weighted by Crippen LogP contribution is -2.44. The summed E-state index contributed by atoms with van der Waals surface area (Å²) >= 11 is 1.85. The monoisotopic (exact) mass is 245 g/mol. The molecular weight excluding hydrogens is 224 g/mol. The van der Waals surface area contributed by atoms with Gasteiger partial charge in [-0.2, -0.15) is 11.3 Å². The molecule has 4 aliphatic rings. The van der Waals surface area contributed by atoms with Crippen LogP contribution in [-0.2, 0) is 6.42 Å². The first-order valence-corrected chi connectivity index (χ1v) is 8.18. The fraction of sp³-hybridized carbons (Fsp3) is 0.688. The third kappa shape index (κ3) is 1.87. The lowest BCUT2D eigenvalue weighted by Gasteiger charge is -2.54. The van der Waals surface area contributed by atoms with Gasteiger partial charge in [-0.15, -0.1) is 0 Å². The Hall–Kier alpha value is -0.300. The third-order valence-corrected chi connectivity index (χ3v) is 6.19. The Bertz CT molecular complexity index is 350. The van der Waals surface area contributed by atoms with Crippen LogP contribution in [0.3, 0.4) is 0 Å². The van der Waals surface area contributed by atoms with Gasteiger partial charge in [0.1, 0.15) is 0 Å². The Balaban J connectivity index is 1.44. The molecule has 0 N–H and O–H groups in total. The molecule has 91 valence electrons. The van der Waals surface area contributed by atoms with Crippen LogP contribution in [0.5, 0.6) is 0 Å². The Morgan fingerprint density at radius 2 is 1.94 bits per heavy atom. The predicted molar refractivity (Wildman–Crippen MR) is 72.9 cm³/mol. The maximum Gasteiger partial charge on any atom is -0.00613 e. The van der Waals surface area contributed by atoms with E-state index in [1.165, 1.54) is 25.7 Å². The first-order chi connectivity index (χ1) is 8.38. The molecule has 0 spiro atoms. The molecule has 1 heteroatoms. The van der Waals surface area contributed by atoms with Crippen LogP contribution in [0.1, 0.15) is 44.1 Å². The van der Waals surface area contributed by atoms with Crippen molar-refractivity contribution in [2.24, 2.45) is 23.7 Å². The minimum Gasteiger partial charge on any atom is -0.152 e. The van der Waals surface area contributed by atoms with Crippen LogP contribution < -0.4 is 0 Å². The molecule has 1 aromatic heterocycles. The van der Waals surface area contributed by atoms with E-state index in [-0.39, 0.29) is 0 Å². The number of thiophene rings is 1. The van der Waals surface area contributed by atoms with Gasteiger partial charge in [-0.25, -0.2) is 0 Å². The highest BCUT2D eigenvalue weighted by Gasteiger charge is 2.47. The second-order valence-electron chi connectivity index (χ2n) is 6.54. The maximum absolute atomic E-state index is 2.33. The van der Waals surface area contributed by atoms with Crippen molar-refractivity contribution in [3.05, 3.63) is 28.3 Å². The summed E-state index contributed by atoms with van der Waals surface area (Å²) < 4.78 is 0. The highest BCUT2D eigenvalue weighted by Crippen LogP contribution is 2.58. The molecule has 1 heterocycles. The second-order valence-corrected chi connectivity index (χ2v) is 7.32. The maximum atomic E-state index is 2.33. The van der Waals surface area contributed by atoms with Gasteiger partial charge in [-0.05, 0) is 96.9 Å². The standard InChI is InChI=1S/C16H21S/c1(11-3-4-17-10-11)2-16-14-6-12-5-13(8-14)9-15(16)7-12/h3-4,10,12-14,16H,1-2,5-9H2. The second kappa shape index (κ2) is 4.12. The Kier molecular flexibility index (Phi) is 2.57. The van der Waals surface area contributed by atoms with Crippen molar-refractivity contribution in [2.75, 3.05) is 0 Å². The molecule has 17 heavy (non-hydrogen) atoms. The molecule has 0 nitrogen and oxygen atoms in total. The van der Waals surface area contributed by atoms with Crippen molar-refractivity contribution in [2.45, 2.75) is 44.9 Å². The van der Waals surface area contributed by atoms with Gasteiger partial charge in [0.15, 0.2) is 0 Å². The van der Waals surface area contributed by atoms with Gasteiger partial charge in [0.05, 0.1) is 0 Å². The SMILES string of the molecule is c1cc(CCC2[C]3CC4CC(C3)CC2C4)cs1. The summed E-state index contributed by atoms with van der Waals surface area (Å²) in [4.78, 5) is 0. The van der Waals surface area contributed by atoms with Crippen LogP contribution in [0.4, 0.5) is 0 Å². The van der Waals surface area contributed by atoms with Crippen LogP contribution in [-0.4, -0.2) is 0 Å². The number of rotatable bonds is 3. The molecule has 3 unspecified atom stereocenters. The highest BCUT2D eigenvalue weighted by molar-refractivity contribution is 7.07. The van der Waals surface area contributed by atoms with Crippen molar-refractivity contribution < 1.29 is 0 Å². The van der Waals surface area contributed by atoms with Crippen molar-refractivity contribution >= 4 is 11.3 Å². The topological polar surface area (TPSA) is 0 Å². The summed E-state index contributed by atoms with van der Waals surface area (Å²) in [6, 6.07) is 2.31. The first kappa shape index (κ1) is 10.6. The molecule has 1 aromatic rings. The minimum atomic E-state index is 1.00.